The Hall–Kier alpha value is -1.42. The molecule has 4 heteroatoms. The van der Waals surface area contributed by atoms with Crippen LogP contribution in [-0.4, -0.2) is 30.6 Å². The summed E-state index contributed by atoms with van der Waals surface area (Å²) >= 11 is 0. The van der Waals surface area contributed by atoms with E-state index in [-0.39, 0.29) is 18.2 Å². The highest BCUT2D eigenvalue weighted by molar-refractivity contribution is 5.71. The number of hydrogen-bond donors (Lipinski definition) is 0. The Labute approximate surface area is 120 Å². The minimum absolute atomic E-state index is 0.142. The molecular weight excluding hydrogens is 257 g/mol. The van der Waals surface area contributed by atoms with Gasteiger partial charge >= 0.3 is 5.97 Å². The van der Waals surface area contributed by atoms with Crippen LogP contribution in [0.2, 0.25) is 0 Å². The van der Waals surface area contributed by atoms with E-state index < -0.39 is 5.54 Å². The first-order chi connectivity index (χ1) is 9.49. The average molecular weight is 281 g/mol. The molecule has 1 aromatic rings. The van der Waals surface area contributed by atoms with Crippen molar-refractivity contribution in [3.63, 3.8) is 0 Å². The van der Waals surface area contributed by atoms with Gasteiger partial charge in [-0.1, -0.05) is 32.0 Å². The number of ether oxygens (including phenoxy) is 1. The van der Waals surface area contributed by atoms with Crippen molar-refractivity contribution in [2.75, 3.05) is 19.7 Å². The van der Waals surface area contributed by atoms with Crippen LogP contribution in [0.4, 0.5) is 4.39 Å². The van der Waals surface area contributed by atoms with Gasteiger partial charge in [-0.25, -0.2) is 4.39 Å². The van der Waals surface area contributed by atoms with Crippen LogP contribution in [0, 0.1) is 5.82 Å². The van der Waals surface area contributed by atoms with Gasteiger partial charge in [0.2, 0.25) is 0 Å². The molecule has 0 saturated heterocycles. The van der Waals surface area contributed by atoms with Gasteiger partial charge in [0.25, 0.3) is 0 Å². The van der Waals surface area contributed by atoms with E-state index in [1.165, 1.54) is 6.07 Å². The topological polar surface area (TPSA) is 29.5 Å². The van der Waals surface area contributed by atoms with Crippen LogP contribution in [0.25, 0.3) is 0 Å². The number of esters is 1. The minimum atomic E-state index is -0.693. The molecule has 0 spiro atoms. The van der Waals surface area contributed by atoms with Crippen molar-refractivity contribution in [3.8, 4) is 0 Å². The van der Waals surface area contributed by atoms with Gasteiger partial charge in [-0.2, -0.15) is 0 Å². The van der Waals surface area contributed by atoms with Gasteiger partial charge in [-0.3, -0.25) is 9.69 Å². The standard InChI is InChI=1S/C16H24FNO2/c1-5-18(6-2)16(4,12-15(19)20-7-3)13-10-8-9-11-14(13)17/h8-11H,5-7,12H2,1-4H3. The number of rotatable bonds is 7. The highest BCUT2D eigenvalue weighted by atomic mass is 19.1. The quantitative estimate of drug-likeness (QED) is 0.718. The Bertz CT molecular complexity index is 446. The number of carbonyl (C=O) groups is 1. The number of hydrogen-bond acceptors (Lipinski definition) is 3. The molecule has 0 aliphatic rings. The first kappa shape index (κ1) is 16.6. The SMILES string of the molecule is CCOC(=O)CC(C)(c1ccccc1F)N(CC)CC. The van der Waals surface area contributed by atoms with Gasteiger partial charge in [0.05, 0.1) is 18.6 Å². The Morgan fingerprint density at radius 2 is 1.85 bits per heavy atom. The van der Waals surface area contributed by atoms with Crippen LogP contribution in [0.5, 0.6) is 0 Å². The van der Waals surface area contributed by atoms with Crippen molar-refractivity contribution in [2.24, 2.45) is 0 Å². The van der Waals surface area contributed by atoms with E-state index in [9.17, 15) is 9.18 Å². The van der Waals surface area contributed by atoms with Gasteiger partial charge in [-0.15, -0.1) is 0 Å². The van der Waals surface area contributed by atoms with Crippen LogP contribution in [0.3, 0.4) is 0 Å². The van der Waals surface area contributed by atoms with Gasteiger partial charge in [-0.05, 0) is 33.0 Å². The molecule has 0 aromatic heterocycles. The molecule has 1 aromatic carbocycles. The van der Waals surface area contributed by atoms with Crippen molar-refractivity contribution in [3.05, 3.63) is 35.6 Å². The third kappa shape index (κ3) is 3.57. The molecule has 0 heterocycles. The average Bonchev–Trinajstić information content (AvgIpc) is 2.40. The molecule has 20 heavy (non-hydrogen) atoms. The van der Waals surface area contributed by atoms with Crippen molar-refractivity contribution >= 4 is 5.97 Å². The Balaban J connectivity index is 3.20. The van der Waals surface area contributed by atoms with E-state index >= 15 is 0 Å². The molecule has 1 rings (SSSR count). The maximum absolute atomic E-state index is 14.2. The smallest absolute Gasteiger partial charge is 0.308 e. The lowest BCUT2D eigenvalue weighted by molar-refractivity contribution is -0.146. The minimum Gasteiger partial charge on any atom is -0.466 e. The molecule has 0 aliphatic heterocycles. The Morgan fingerprint density at radius 3 is 2.35 bits per heavy atom. The normalized spacial score (nSPS) is 14.1. The maximum atomic E-state index is 14.2. The fourth-order valence-corrected chi connectivity index (χ4v) is 2.69. The summed E-state index contributed by atoms with van der Waals surface area (Å²) in [6.45, 7) is 9.50. The van der Waals surface area contributed by atoms with Crippen molar-refractivity contribution in [1.82, 2.24) is 4.90 Å². The highest BCUT2D eigenvalue weighted by Crippen LogP contribution is 2.33. The zero-order valence-corrected chi connectivity index (χ0v) is 12.8. The van der Waals surface area contributed by atoms with E-state index in [0.29, 0.717) is 12.2 Å². The lowest BCUT2D eigenvalue weighted by Gasteiger charge is -2.40. The van der Waals surface area contributed by atoms with Crippen molar-refractivity contribution in [2.45, 2.75) is 39.7 Å². The predicted molar refractivity (Wildman–Crippen MR) is 77.9 cm³/mol. The van der Waals surface area contributed by atoms with E-state index in [0.717, 1.165) is 13.1 Å². The lowest BCUT2D eigenvalue weighted by atomic mass is 9.86. The lowest BCUT2D eigenvalue weighted by Crippen LogP contribution is -2.46. The molecule has 0 bridgehead atoms. The molecule has 1 unspecified atom stereocenters. The number of nitrogens with zero attached hydrogens (tertiary/aromatic N) is 1. The zero-order valence-electron chi connectivity index (χ0n) is 12.8. The zero-order chi connectivity index (χ0) is 15.2. The second kappa shape index (κ2) is 7.39. The summed E-state index contributed by atoms with van der Waals surface area (Å²) in [5.41, 5.74) is -0.155. The monoisotopic (exact) mass is 281 g/mol. The van der Waals surface area contributed by atoms with E-state index in [1.54, 1.807) is 25.1 Å². The highest BCUT2D eigenvalue weighted by Gasteiger charge is 2.37. The summed E-state index contributed by atoms with van der Waals surface area (Å²) in [5.74, 6) is -0.587. The summed E-state index contributed by atoms with van der Waals surface area (Å²) in [4.78, 5) is 14.0. The molecule has 0 fully saturated rings. The third-order valence-electron chi connectivity index (χ3n) is 3.71. The Kier molecular flexibility index (Phi) is 6.14. The first-order valence-corrected chi connectivity index (χ1v) is 7.15. The van der Waals surface area contributed by atoms with Gasteiger partial charge in [0, 0.05) is 5.56 Å². The van der Waals surface area contributed by atoms with Crippen LogP contribution >= 0.6 is 0 Å². The maximum Gasteiger partial charge on any atom is 0.308 e. The summed E-state index contributed by atoms with van der Waals surface area (Å²) in [6, 6.07) is 6.63. The van der Waals surface area contributed by atoms with E-state index in [1.807, 2.05) is 20.8 Å². The first-order valence-electron chi connectivity index (χ1n) is 7.15. The van der Waals surface area contributed by atoms with Gasteiger partial charge in [0.1, 0.15) is 5.82 Å². The van der Waals surface area contributed by atoms with Crippen molar-refractivity contribution < 1.29 is 13.9 Å². The molecular formula is C16H24FNO2. The molecule has 0 aliphatic carbocycles. The number of carbonyl (C=O) groups excluding carboxylic acids is 1. The van der Waals surface area contributed by atoms with Crippen LogP contribution < -0.4 is 0 Å². The van der Waals surface area contributed by atoms with Crippen molar-refractivity contribution in [1.29, 1.82) is 0 Å². The van der Waals surface area contributed by atoms with Gasteiger partial charge < -0.3 is 4.74 Å². The Morgan fingerprint density at radius 1 is 1.25 bits per heavy atom. The molecule has 112 valence electrons. The molecule has 0 N–H and O–H groups in total. The summed E-state index contributed by atoms with van der Waals surface area (Å²) in [6.07, 6.45) is 0.142. The summed E-state index contributed by atoms with van der Waals surface area (Å²) in [7, 11) is 0. The fourth-order valence-electron chi connectivity index (χ4n) is 2.69. The molecule has 3 nitrogen and oxygen atoms in total. The molecule has 0 amide bonds. The number of halogens is 1. The summed E-state index contributed by atoms with van der Waals surface area (Å²) in [5, 5.41) is 0. The molecule has 1 atom stereocenters. The van der Waals surface area contributed by atoms with Crippen LogP contribution in [0.15, 0.2) is 24.3 Å². The largest absolute Gasteiger partial charge is 0.466 e. The van der Waals surface area contributed by atoms with E-state index in [2.05, 4.69) is 4.90 Å². The predicted octanol–water partition coefficient (Wildman–Crippen LogP) is 3.34. The van der Waals surface area contributed by atoms with Gasteiger partial charge in [0.15, 0.2) is 0 Å². The molecule has 0 saturated carbocycles. The molecule has 0 radical (unpaired) electrons. The number of benzene rings is 1. The summed E-state index contributed by atoms with van der Waals surface area (Å²) < 4.78 is 19.2. The second-order valence-corrected chi connectivity index (χ2v) is 4.91. The van der Waals surface area contributed by atoms with Crippen LogP contribution in [-0.2, 0) is 15.1 Å². The van der Waals surface area contributed by atoms with E-state index in [4.69, 9.17) is 4.74 Å². The fraction of sp³-hybridized carbons (Fsp3) is 0.562. The van der Waals surface area contributed by atoms with Crippen LogP contribution in [0.1, 0.15) is 39.7 Å². The second-order valence-electron chi connectivity index (χ2n) is 4.91. The third-order valence-corrected chi connectivity index (χ3v) is 3.71.